The van der Waals surface area contributed by atoms with Gasteiger partial charge in [-0.2, -0.15) is 13.2 Å². The van der Waals surface area contributed by atoms with Gasteiger partial charge < -0.3 is 0 Å². The van der Waals surface area contributed by atoms with Gasteiger partial charge in [0.2, 0.25) is 0 Å². The summed E-state index contributed by atoms with van der Waals surface area (Å²) in [6, 6.07) is 1.11. The van der Waals surface area contributed by atoms with Crippen molar-refractivity contribution in [2.45, 2.75) is 13.1 Å². The zero-order chi connectivity index (χ0) is 11.8. The first-order valence-electron chi connectivity index (χ1n) is 3.80. The monoisotopic (exact) mass is 284 g/mol. The first-order valence-corrected chi connectivity index (χ1v) is 4.60. The average molecular weight is 285 g/mol. The van der Waals surface area contributed by atoms with Crippen LogP contribution in [-0.2, 0) is 6.18 Å². The standard InChI is InChI=1S/C9H5BrF4O/c1-4(15)6-2-5(11)3-7(8(6)10)9(12,13)14/h2-3H,1H3. The maximum atomic E-state index is 12.8. The summed E-state index contributed by atoms with van der Waals surface area (Å²) in [6.07, 6.45) is -4.69. The number of alkyl halides is 3. The summed E-state index contributed by atoms with van der Waals surface area (Å²) in [7, 11) is 0. The van der Waals surface area contributed by atoms with Crippen LogP contribution >= 0.6 is 15.9 Å². The lowest BCUT2D eigenvalue weighted by Gasteiger charge is -2.11. The number of carbonyl (C=O) groups is 1. The summed E-state index contributed by atoms with van der Waals surface area (Å²) in [5.41, 5.74) is -1.50. The van der Waals surface area contributed by atoms with E-state index in [2.05, 4.69) is 15.9 Å². The molecule has 0 heterocycles. The van der Waals surface area contributed by atoms with Crippen molar-refractivity contribution in [1.29, 1.82) is 0 Å². The lowest BCUT2D eigenvalue weighted by molar-refractivity contribution is -0.138. The van der Waals surface area contributed by atoms with Crippen molar-refractivity contribution in [1.82, 2.24) is 0 Å². The van der Waals surface area contributed by atoms with Gasteiger partial charge in [0.1, 0.15) is 5.82 Å². The molecular formula is C9H5BrF4O. The molecule has 1 aromatic carbocycles. The van der Waals surface area contributed by atoms with Crippen molar-refractivity contribution in [3.8, 4) is 0 Å². The zero-order valence-corrected chi connectivity index (χ0v) is 9.04. The van der Waals surface area contributed by atoms with Crippen LogP contribution in [0.3, 0.4) is 0 Å². The van der Waals surface area contributed by atoms with Gasteiger partial charge in [0.15, 0.2) is 5.78 Å². The Kier molecular flexibility index (Phi) is 3.18. The molecule has 0 N–H and O–H groups in total. The van der Waals surface area contributed by atoms with Crippen molar-refractivity contribution < 1.29 is 22.4 Å². The second kappa shape index (κ2) is 3.92. The molecule has 0 aromatic heterocycles. The van der Waals surface area contributed by atoms with Crippen LogP contribution in [0.5, 0.6) is 0 Å². The molecule has 1 aromatic rings. The fourth-order valence-corrected chi connectivity index (χ4v) is 1.78. The van der Waals surface area contributed by atoms with E-state index >= 15 is 0 Å². The zero-order valence-electron chi connectivity index (χ0n) is 7.45. The predicted molar refractivity (Wildman–Crippen MR) is 49.1 cm³/mol. The highest BCUT2D eigenvalue weighted by Crippen LogP contribution is 2.37. The Bertz CT molecular complexity index is 411. The molecule has 0 aliphatic heterocycles. The lowest BCUT2D eigenvalue weighted by atomic mass is 10.1. The van der Waals surface area contributed by atoms with Crippen LogP contribution in [0.1, 0.15) is 22.8 Å². The molecule has 82 valence electrons. The van der Waals surface area contributed by atoms with Gasteiger partial charge in [-0.3, -0.25) is 4.79 Å². The number of ketones is 1. The number of benzene rings is 1. The van der Waals surface area contributed by atoms with Crippen molar-refractivity contribution in [2.75, 3.05) is 0 Å². The topological polar surface area (TPSA) is 17.1 Å². The highest BCUT2D eigenvalue weighted by molar-refractivity contribution is 9.10. The van der Waals surface area contributed by atoms with Crippen LogP contribution in [0, 0.1) is 5.82 Å². The van der Waals surface area contributed by atoms with Gasteiger partial charge in [-0.05, 0) is 35.0 Å². The molecule has 1 nitrogen and oxygen atoms in total. The summed E-state index contributed by atoms with van der Waals surface area (Å²) < 4.78 is 49.5. The Labute approximate surface area is 91.2 Å². The molecule has 6 heteroatoms. The van der Waals surface area contributed by atoms with Gasteiger partial charge in [0.05, 0.1) is 5.56 Å². The number of carbonyl (C=O) groups excluding carboxylic acids is 1. The first kappa shape index (κ1) is 12.2. The largest absolute Gasteiger partial charge is 0.417 e. The number of Topliss-reactive ketones (excluding diaryl/α,β-unsaturated/α-hetero) is 1. The molecule has 0 saturated heterocycles. The quantitative estimate of drug-likeness (QED) is 0.566. The van der Waals surface area contributed by atoms with E-state index in [9.17, 15) is 22.4 Å². The first-order chi connectivity index (χ1) is 6.73. The third-order valence-corrected chi connectivity index (χ3v) is 2.58. The molecular weight excluding hydrogens is 280 g/mol. The van der Waals surface area contributed by atoms with Crippen LogP contribution in [0.15, 0.2) is 16.6 Å². The minimum absolute atomic E-state index is 0.317. The molecule has 0 amide bonds. The molecule has 0 aliphatic carbocycles. The Morgan fingerprint density at radius 3 is 2.27 bits per heavy atom. The van der Waals surface area contributed by atoms with E-state index < -0.39 is 27.8 Å². The third kappa shape index (κ3) is 2.56. The van der Waals surface area contributed by atoms with Gasteiger partial charge >= 0.3 is 6.18 Å². The van der Waals surface area contributed by atoms with Crippen molar-refractivity contribution in [3.63, 3.8) is 0 Å². The molecule has 0 bridgehead atoms. The van der Waals surface area contributed by atoms with Crippen molar-refractivity contribution >= 4 is 21.7 Å². The molecule has 0 atom stereocenters. The predicted octanol–water partition coefficient (Wildman–Crippen LogP) is 3.81. The van der Waals surface area contributed by atoms with Gasteiger partial charge in [-0.15, -0.1) is 0 Å². The van der Waals surface area contributed by atoms with Gasteiger partial charge in [0.25, 0.3) is 0 Å². The summed E-state index contributed by atoms with van der Waals surface area (Å²) in [5, 5.41) is 0. The van der Waals surface area contributed by atoms with Crippen LogP contribution < -0.4 is 0 Å². The number of hydrogen-bond acceptors (Lipinski definition) is 1. The Morgan fingerprint density at radius 2 is 1.87 bits per heavy atom. The van der Waals surface area contributed by atoms with E-state index in [0.29, 0.717) is 6.07 Å². The highest BCUT2D eigenvalue weighted by atomic mass is 79.9. The molecule has 0 fully saturated rings. The minimum Gasteiger partial charge on any atom is -0.294 e. The van der Waals surface area contributed by atoms with Crippen molar-refractivity contribution in [3.05, 3.63) is 33.5 Å². The Morgan fingerprint density at radius 1 is 1.33 bits per heavy atom. The number of halogens is 5. The van der Waals surface area contributed by atoms with E-state index in [-0.39, 0.29) is 5.56 Å². The van der Waals surface area contributed by atoms with E-state index in [4.69, 9.17) is 0 Å². The molecule has 0 saturated carbocycles. The maximum absolute atomic E-state index is 12.8. The highest BCUT2D eigenvalue weighted by Gasteiger charge is 2.35. The van der Waals surface area contributed by atoms with E-state index in [0.717, 1.165) is 13.0 Å². The minimum atomic E-state index is -4.69. The Hall–Kier alpha value is -0.910. The molecule has 0 spiro atoms. The van der Waals surface area contributed by atoms with Gasteiger partial charge in [0, 0.05) is 10.0 Å². The summed E-state index contributed by atoms with van der Waals surface area (Å²) in [4.78, 5) is 10.9. The second-order valence-corrected chi connectivity index (χ2v) is 3.66. The average Bonchev–Trinajstić information content (AvgIpc) is 2.06. The fraction of sp³-hybridized carbons (Fsp3) is 0.222. The SMILES string of the molecule is CC(=O)c1cc(F)cc(C(F)(F)F)c1Br. The van der Waals surface area contributed by atoms with Gasteiger partial charge in [-0.1, -0.05) is 0 Å². The molecule has 15 heavy (non-hydrogen) atoms. The van der Waals surface area contributed by atoms with E-state index in [1.165, 1.54) is 0 Å². The van der Waals surface area contributed by atoms with E-state index in [1.807, 2.05) is 0 Å². The van der Waals surface area contributed by atoms with Crippen LogP contribution in [0.25, 0.3) is 0 Å². The lowest BCUT2D eigenvalue weighted by Crippen LogP contribution is -2.09. The van der Waals surface area contributed by atoms with Crippen LogP contribution in [0.4, 0.5) is 17.6 Å². The maximum Gasteiger partial charge on any atom is 0.417 e. The normalized spacial score (nSPS) is 11.6. The third-order valence-electron chi connectivity index (χ3n) is 1.72. The number of hydrogen-bond donors (Lipinski definition) is 0. The van der Waals surface area contributed by atoms with Gasteiger partial charge in [-0.25, -0.2) is 4.39 Å². The number of rotatable bonds is 1. The summed E-state index contributed by atoms with van der Waals surface area (Å²) in [6.45, 7) is 1.07. The molecule has 1 rings (SSSR count). The van der Waals surface area contributed by atoms with Crippen molar-refractivity contribution in [2.24, 2.45) is 0 Å². The summed E-state index contributed by atoms with van der Waals surface area (Å²) >= 11 is 2.64. The second-order valence-electron chi connectivity index (χ2n) is 2.87. The van der Waals surface area contributed by atoms with Crippen LogP contribution in [0.2, 0.25) is 0 Å². The fourth-order valence-electron chi connectivity index (χ4n) is 1.05. The summed E-state index contributed by atoms with van der Waals surface area (Å²) in [5.74, 6) is -1.72. The molecule has 0 radical (unpaired) electrons. The van der Waals surface area contributed by atoms with Crippen LogP contribution in [-0.4, -0.2) is 5.78 Å². The van der Waals surface area contributed by atoms with E-state index in [1.54, 1.807) is 0 Å². The smallest absolute Gasteiger partial charge is 0.294 e. The molecule has 0 unspecified atom stereocenters. The Balaban J connectivity index is 3.49. The molecule has 0 aliphatic rings.